The van der Waals surface area contributed by atoms with E-state index in [1.165, 1.54) is 75.5 Å². The van der Waals surface area contributed by atoms with Gasteiger partial charge >= 0.3 is 121 Å². The van der Waals surface area contributed by atoms with E-state index in [1.54, 1.807) is 0 Å². The fraction of sp³-hybridized carbons (Fsp3) is 0.933. The summed E-state index contributed by atoms with van der Waals surface area (Å²) < 4.78 is 1.30. The molecular weight excluding hydrogens is 287 g/mol. The van der Waals surface area contributed by atoms with Crippen LogP contribution in [0.4, 0.5) is 0 Å². The van der Waals surface area contributed by atoms with E-state index in [-0.39, 0.29) is 0 Å². The molecule has 0 aliphatic heterocycles. The number of unbranched alkanes of at least 4 members (excludes halogenated alkanes) is 2. The first-order chi connectivity index (χ1) is 8.77. The SMILES string of the molecule is CCCCN(CCCC)C(=[Se])NC1CCCCC1. The van der Waals surface area contributed by atoms with Crippen LogP contribution >= 0.6 is 0 Å². The fourth-order valence-electron chi connectivity index (χ4n) is 2.53. The van der Waals surface area contributed by atoms with Crippen molar-refractivity contribution in [3.63, 3.8) is 0 Å². The van der Waals surface area contributed by atoms with Crippen LogP contribution in [-0.4, -0.2) is 44.3 Å². The Kier molecular flexibility index (Phi) is 8.79. The Morgan fingerprint density at radius 3 is 2.11 bits per heavy atom. The molecule has 0 spiro atoms. The van der Waals surface area contributed by atoms with Crippen LogP contribution in [0.5, 0.6) is 0 Å². The molecule has 0 heterocycles. The molecule has 0 bridgehead atoms. The van der Waals surface area contributed by atoms with Crippen LogP contribution < -0.4 is 5.32 Å². The van der Waals surface area contributed by atoms with Crippen molar-refractivity contribution in [2.45, 2.75) is 77.7 Å². The first-order valence-electron chi connectivity index (χ1n) is 7.83. The molecule has 0 aromatic rings. The van der Waals surface area contributed by atoms with E-state index < -0.39 is 0 Å². The molecule has 1 saturated carbocycles. The van der Waals surface area contributed by atoms with Crippen LogP contribution in [0.2, 0.25) is 0 Å². The zero-order valence-corrected chi connectivity index (χ0v) is 13.9. The molecule has 0 atom stereocenters. The van der Waals surface area contributed by atoms with Crippen LogP contribution in [0.25, 0.3) is 0 Å². The van der Waals surface area contributed by atoms with Gasteiger partial charge in [-0.1, -0.05) is 0 Å². The molecule has 0 unspecified atom stereocenters. The van der Waals surface area contributed by atoms with Gasteiger partial charge < -0.3 is 0 Å². The summed E-state index contributed by atoms with van der Waals surface area (Å²) in [6, 6.07) is 0.709. The molecule has 0 saturated heterocycles. The quantitative estimate of drug-likeness (QED) is 0.658. The second-order valence-electron chi connectivity index (χ2n) is 5.48. The molecule has 1 aliphatic rings. The molecule has 1 aliphatic carbocycles. The van der Waals surface area contributed by atoms with Crippen LogP contribution in [0.15, 0.2) is 0 Å². The molecule has 1 fully saturated rings. The minimum absolute atomic E-state index is 0.709. The third-order valence-electron chi connectivity index (χ3n) is 3.78. The topological polar surface area (TPSA) is 15.3 Å². The minimum atomic E-state index is 0.709. The average molecular weight is 317 g/mol. The van der Waals surface area contributed by atoms with Crippen molar-refractivity contribution in [3.05, 3.63) is 0 Å². The van der Waals surface area contributed by atoms with Gasteiger partial charge in [0, 0.05) is 0 Å². The van der Waals surface area contributed by atoms with Gasteiger partial charge in [-0.15, -0.1) is 0 Å². The van der Waals surface area contributed by atoms with E-state index in [2.05, 4.69) is 39.6 Å². The Hall–Kier alpha value is -0.0105. The maximum atomic E-state index is 3.72. The Labute approximate surface area is 121 Å². The normalized spacial score (nSPS) is 16.6. The van der Waals surface area contributed by atoms with Crippen molar-refractivity contribution in [2.75, 3.05) is 13.1 Å². The Balaban J connectivity index is 2.35. The standard InChI is InChI=1S/C15H30N2Se/c1-3-5-12-17(13-6-4-2)15(18)16-14-10-8-7-9-11-14/h14H,3-13H2,1-2H3,(H,16,18). The summed E-state index contributed by atoms with van der Waals surface area (Å²) >= 11 is 3.27. The molecule has 18 heavy (non-hydrogen) atoms. The maximum absolute atomic E-state index is 3.72. The van der Waals surface area contributed by atoms with Gasteiger partial charge in [-0.25, -0.2) is 0 Å². The number of nitrogens with zero attached hydrogens (tertiary/aromatic N) is 1. The molecule has 1 N–H and O–H groups in total. The van der Waals surface area contributed by atoms with Crippen molar-refractivity contribution < 1.29 is 0 Å². The summed E-state index contributed by atoms with van der Waals surface area (Å²) in [5.74, 6) is 0. The van der Waals surface area contributed by atoms with Gasteiger partial charge in [0.15, 0.2) is 0 Å². The van der Waals surface area contributed by atoms with E-state index in [4.69, 9.17) is 0 Å². The molecule has 1 rings (SSSR count). The number of rotatable bonds is 9. The van der Waals surface area contributed by atoms with Gasteiger partial charge in [0.25, 0.3) is 0 Å². The summed E-state index contributed by atoms with van der Waals surface area (Å²) in [5, 5.41) is 3.72. The molecule has 3 heteroatoms. The van der Waals surface area contributed by atoms with Gasteiger partial charge in [0.1, 0.15) is 0 Å². The Morgan fingerprint density at radius 2 is 1.61 bits per heavy atom. The van der Waals surface area contributed by atoms with Crippen molar-refractivity contribution in [3.8, 4) is 0 Å². The van der Waals surface area contributed by atoms with Crippen LogP contribution in [0, 0.1) is 0 Å². The van der Waals surface area contributed by atoms with Crippen LogP contribution in [0.3, 0.4) is 0 Å². The van der Waals surface area contributed by atoms with Gasteiger partial charge in [0.2, 0.25) is 0 Å². The number of nitrogens with one attached hydrogen (secondary N) is 1. The zero-order chi connectivity index (χ0) is 13.2. The first kappa shape index (κ1) is 16.0. The third-order valence-corrected chi connectivity index (χ3v) is 4.57. The van der Waals surface area contributed by atoms with Crippen molar-refractivity contribution in [1.82, 2.24) is 10.2 Å². The number of hydrogen-bond acceptors (Lipinski definition) is 2. The second-order valence-corrected chi connectivity index (χ2v) is 6.29. The van der Waals surface area contributed by atoms with Crippen molar-refractivity contribution >= 4 is 20.2 Å². The molecule has 0 aromatic carbocycles. The average Bonchev–Trinajstić information content (AvgIpc) is 2.40. The summed E-state index contributed by atoms with van der Waals surface area (Å²) in [6.07, 6.45) is 12.1. The molecule has 0 amide bonds. The van der Waals surface area contributed by atoms with Crippen molar-refractivity contribution in [1.29, 1.82) is 0 Å². The van der Waals surface area contributed by atoms with Crippen LogP contribution in [0.1, 0.15) is 71.6 Å². The van der Waals surface area contributed by atoms with E-state index in [0.717, 1.165) is 0 Å². The second kappa shape index (κ2) is 9.86. The first-order valence-corrected chi connectivity index (χ1v) is 8.69. The summed E-state index contributed by atoms with van der Waals surface area (Å²) in [7, 11) is 0. The number of hydrogen-bond donors (Lipinski definition) is 1. The predicted molar refractivity (Wildman–Crippen MR) is 82.2 cm³/mol. The fourth-order valence-corrected chi connectivity index (χ4v) is 3.26. The molecular formula is C15H30N2Se. The van der Waals surface area contributed by atoms with Crippen molar-refractivity contribution in [2.24, 2.45) is 0 Å². The molecule has 2 nitrogen and oxygen atoms in total. The molecule has 0 aromatic heterocycles. The van der Waals surface area contributed by atoms with Gasteiger partial charge in [-0.3, -0.25) is 0 Å². The Morgan fingerprint density at radius 1 is 1.06 bits per heavy atom. The van der Waals surface area contributed by atoms with Gasteiger partial charge in [0.05, 0.1) is 0 Å². The van der Waals surface area contributed by atoms with Gasteiger partial charge in [-0.2, -0.15) is 0 Å². The summed E-state index contributed by atoms with van der Waals surface area (Å²) in [5.41, 5.74) is 0. The van der Waals surface area contributed by atoms with E-state index in [0.29, 0.717) is 6.04 Å². The zero-order valence-electron chi connectivity index (χ0n) is 12.2. The van der Waals surface area contributed by atoms with E-state index in [1.807, 2.05) is 0 Å². The summed E-state index contributed by atoms with van der Waals surface area (Å²) in [6.45, 7) is 6.92. The van der Waals surface area contributed by atoms with Gasteiger partial charge in [-0.05, 0) is 0 Å². The predicted octanol–water partition coefficient (Wildman–Crippen LogP) is 3.07. The Bertz CT molecular complexity index is 217. The third kappa shape index (κ3) is 6.24. The molecule has 0 radical (unpaired) electrons. The van der Waals surface area contributed by atoms with E-state index in [9.17, 15) is 0 Å². The summed E-state index contributed by atoms with van der Waals surface area (Å²) in [4.78, 5) is 2.52. The monoisotopic (exact) mass is 318 g/mol. The van der Waals surface area contributed by atoms with E-state index >= 15 is 0 Å². The molecule has 106 valence electrons. The van der Waals surface area contributed by atoms with Crippen LogP contribution in [-0.2, 0) is 0 Å².